The third kappa shape index (κ3) is 2.99. The molecule has 0 unspecified atom stereocenters. The lowest BCUT2D eigenvalue weighted by Crippen LogP contribution is -2.18. The number of methoxy groups -OCH3 is 1. The monoisotopic (exact) mass is 335 g/mol. The SMILES string of the molecule is COc1cc([N+](=O)[O-])ccc1NC(=O)c1c([N+](=O)[O-])c(C)nn1C. The Morgan fingerprint density at radius 2 is 1.96 bits per heavy atom. The molecule has 1 aromatic heterocycles. The number of nitrogens with one attached hydrogen (secondary N) is 1. The van der Waals surface area contributed by atoms with E-state index in [1.165, 1.54) is 33.2 Å². The molecular formula is C13H13N5O6. The number of rotatable bonds is 5. The van der Waals surface area contributed by atoms with E-state index in [1.54, 1.807) is 0 Å². The smallest absolute Gasteiger partial charge is 0.322 e. The van der Waals surface area contributed by atoms with Gasteiger partial charge in [0.2, 0.25) is 5.69 Å². The molecule has 0 atom stereocenters. The zero-order valence-corrected chi connectivity index (χ0v) is 13.0. The second-order valence-electron chi connectivity index (χ2n) is 4.76. The Labute approximate surface area is 135 Å². The number of aromatic nitrogens is 2. The van der Waals surface area contributed by atoms with Crippen molar-refractivity contribution in [3.05, 3.63) is 49.8 Å². The molecule has 0 spiro atoms. The van der Waals surface area contributed by atoms with Crippen molar-refractivity contribution in [2.45, 2.75) is 6.92 Å². The highest BCUT2D eigenvalue weighted by molar-refractivity contribution is 6.06. The molecule has 0 saturated carbocycles. The Bertz CT molecular complexity index is 844. The number of nitro groups is 2. The Morgan fingerprint density at radius 1 is 1.29 bits per heavy atom. The van der Waals surface area contributed by atoms with Crippen molar-refractivity contribution < 1.29 is 19.4 Å². The summed E-state index contributed by atoms with van der Waals surface area (Å²) in [6.07, 6.45) is 0. The van der Waals surface area contributed by atoms with Gasteiger partial charge in [-0.25, -0.2) is 0 Å². The minimum absolute atomic E-state index is 0.0547. The number of carbonyl (C=O) groups is 1. The van der Waals surface area contributed by atoms with Crippen LogP contribution in [0.4, 0.5) is 17.1 Å². The fourth-order valence-corrected chi connectivity index (χ4v) is 2.20. The Kier molecular flexibility index (Phi) is 4.44. The fourth-order valence-electron chi connectivity index (χ4n) is 2.20. The van der Waals surface area contributed by atoms with Gasteiger partial charge in [0.1, 0.15) is 11.4 Å². The van der Waals surface area contributed by atoms with Gasteiger partial charge in [0.15, 0.2) is 0 Å². The fraction of sp³-hybridized carbons (Fsp3) is 0.231. The van der Waals surface area contributed by atoms with Gasteiger partial charge in [-0.15, -0.1) is 0 Å². The zero-order valence-electron chi connectivity index (χ0n) is 13.0. The number of anilines is 1. The third-order valence-corrected chi connectivity index (χ3v) is 3.23. The molecule has 0 aliphatic carbocycles. The van der Waals surface area contributed by atoms with E-state index in [4.69, 9.17) is 4.74 Å². The molecule has 0 fully saturated rings. The topological polar surface area (TPSA) is 142 Å². The summed E-state index contributed by atoms with van der Waals surface area (Å²) in [5.41, 5.74) is -0.620. The maximum absolute atomic E-state index is 12.4. The van der Waals surface area contributed by atoms with Crippen molar-refractivity contribution in [2.24, 2.45) is 7.05 Å². The minimum atomic E-state index is -0.781. The molecule has 11 nitrogen and oxygen atoms in total. The van der Waals surface area contributed by atoms with Gasteiger partial charge < -0.3 is 10.1 Å². The van der Waals surface area contributed by atoms with Crippen molar-refractivity contribution in [3.63, 3.8) is 0 Å². The number of hydrogen-bond donors (Lipinski definition) is 1. The van der Waals surface area contributed by atoms with E-state index in [9.17, 15) is 25.0 Å². The first-order chi connectivity index (χ1) is 11.3. The number of non-ortho nitro benzene ring substituents is 1. The first kappa shape index (κ1) is 16.9. The first-order valence-electron chi connectivity index (χ1n) is 6.58. The Balaban J connectivity index is 2.41. The Morgan fingerprint density at radius 3 is 2.50 bits per heavy atom. The minimum Gasteiger partial charge on any atom is -0.494 e. The number of aryl methyl sites for hydroxylation is 2. The molecule has 0 radical (unpaired) electrons. The summed E-state index contributed by atoms with van der Waals surface area (Å²) in [6, 6.07) is 3.60. The van der Waals surface area contributed by atoms with Crippen LogP contribution in [0.3, 0.4) is 0 Å². The molecule has 11 heteroatoms. The molecule has 0 aliphatic heterocycles. The molecule has 0 saturated heterocycles. The maximum atomic E-state index is 12.4. The molecule has 2 aromatic rings. The summed E-state index contributed by atoms with van der Waals surface area (Å²) >= 11 is 0. The summed E-state index contributed by atoms with van der Waals surface area (Å²) in [4.78, 5) is 33.0. The van der Waals surface area contributed by atoms with Gasteiger partial charge in [-0.05, 0) is 13.0 Å². The second kappa shape index (κ2) is 6.32. The summed E-state index contributed by atoms with van der Waals surface area (Å²) in [5.74, 6) is -0.726. The van der Waals surface area contributed by atoms with Gasteiger partial charge in [-0.2, -0.15) is 5.10 Å². The second-order valence-corrected chi connectivity index (χ2v) is 4.76. The molecule has 1 heterocycles. The highest BCUT2D eigenvalue weighted by atomic mass is 16.6. The molecule has 2 rings (SSSR count). The quantitative estimate of drug-likeness (QED) is 0.648. The highest BCUT2D eigenvalue weighted by Gasteiger charge is 2.29. The van der Waals surface area contributed by atoms with Gasteiger partial charge in [-0.1, -0.05) is 0 Å². The molecular weight excluding hydrogens is 322 g/mol. The van der Waals surface area contributed by atoms with Crippen LogP contribution in [0.2, 0.25) is 0 Å². The standard InChI is InChI=1S/C13H13N5O6/c1-7-11(18(22)23)12(16(2)15-7)13(19)14-9-5-4-8(17(20)21)6-10(9)24-3/h4-6H,1-3H3,(H,14,19). The predicted octanol–water partition coefficient (Wildman–Crippen LogP) is 1.81. The number of nitro benzene ring substituents is 1. The number of hydrogen-bond acceptors (Lipinski definition) is 7. The lowest BCUT2D eigenvalue weighted by Gasteiger charge is -2.09. The van der Waals surface area contributed by atoms with Crippen molar-refractivity contribution in [2.75, 3.05) is 12.4 Å². The number of ether oxygens (including phenoxy) is 1. The van der Waals surface area contributed by atoms with Crippen LogP contribution in [0.1, 0.15) is 16.2 Å². The van der Waals surface area contributed by atoms with Crippen molar-refractivity contribution in [3.8, 4) is 5.75 Å². The summed E-state index contributed by atoms with van der Waals surface area (Å²) in [7, 11) is 2.69. The largest absolute Gasteiger partial charge is 0.494 e. The molecule has 1 N–H and O–H groups in total. The summed E-state index contributed by atoms with van der Waals surface area (Å²) < 4.78 is 6.11. The lowest BCUT2D eigenvalue weighted by atomic mass is 10.2. The number of nitrogens with zero attached hydrogens (tertiary/aromatic N) is 4. The van der Waals surface area contributed by atoms with Crippen LogP contribution in [0, 0.1) is 27.2 Å². The van der Waals surface area contributed by atoms with Gasteiger partial charge >= 0.3 is 5.69 Å². The number of amides is 1. The maximum Gasteiger partial charge on any atom is 0.322 e. The van der Waals surface area contributed by atoms with E-state index >= 15 is 0 Å². The van der Waals surface area contributed by atoms with E-state index in [1.807, 2.05) is 0 Å². The lowest BCUT2D eigenvalue weighted by molar-refractivity contribution is -0.385. The van der Waals surface area contributed by atoms with E-state index < -0.39 is 21.4 Å². The van der Waals surface area contributed by atoms with Gasteiger partial charge in [0, 0.05) is 13.1 Å². The predicted molar refractivity (Wildman–Crippen MR) is 82.2 cm³/mol. The van der Waals surface area contributed by atoms with Crippen molar-refractivity contribution in [1.29, 1.82) is 0 Å². The average molecular weight is 335 g/mol. The van der Waals surface area contributed by atoms with Crippen LogP contribution >= 0.6 is 0 Å². The van der Waals surface area contributed by atoms with E-state index in [0.29, 0.717) is 0 Å². The molecule has 0 bridgehead atoms. The normalized spacial score (nSPS) is 10.3. The van der Waals surface area contributed by atoms with Gasteiger partial charge in [0.05, 0.1) is 28.7 Å². The van der Waals surface area contributed by atoms with E-state index in [-0.39, 0.29) is 28.5 Å². The van der Waals surface area contributed by atoms with Crippen molar-refractivity contribution >= 4 is 23.0 Å². The average Bonchev–Trinajstić information content (AvgIpc) is 2.81. The van der Waals surface area contributed by atoms with Crippen molar-refractivity contribution in [1.82, 2.24) is 9.78 Å². The van der Waals surface area contributed by atoms with E-state index in [0.717, 1.165) is 10.7 Å². The summed E-state index contributed by atoms with van der Waals surface area (Å²) in [5, 5.41) is 28.2. The number of benzene rings is 1. The van der Waals surface area contributed by atoms with Crippen LogP contribution in [0.25, 0.3) is 0 Å². The first-order valence-corrected chi connectivity index (χ1v) is 6.58. The van der Waals surface area contributed by atoms with E-state index in [2.05, 4.69) is 10.4 Å². The molecule has 24 heavy (non-hydrogen) atoms. The highest BCUT2D eigenvalue weighted by Crippen LogP contribution is 2.30. The van der Waals surface area contributed by atoms with Gasteiger partial charge in [0.25, 0.3) is 11.6 Å². The molecule has 1 amide bonds. The molecule has 126 valence electrons. The Hall–Kier alpha value is -3.50. The van der Waals surface area contributed by atoms with Crippen LogP contribution in [-0.2, 0) is 7.05 Å². The summed E-state index contributed by atoms with van der Waals surface area (Å²) in [6.45, 7) is 1.42. The molecule has 0 aliphatic rings. The van der Waals surface area contributed by atoms with Crippen LogP contribution < -0.4 is 10.1 Å². The van der Waals surface area contributed by atoms with Gasteiger partial charge in [-0.3, -0.25) is 29.7 Å². The number of carbonyl (C=O) groups excluding carboxylic acids is 1. The third-order valence-electron chi connectivity index (χ3n) is 3.23. The van der Waals surface area contributed by atoms with Crippen LogP contribution in [0.15, 0.2) is 18.2 Å². The zero-order chi connectivity index (χ0) is 18.0. The molecule has 1 aromatic carbocycles. The van der Waals surface area contributed by atoms with Crippen LogP contribution in [-0.4, -0.2) is 32.6 Å². The van der Waals surface area contributed by atoms with Crippen LogP contribution in [0.5, 0.6) is 5.75 Å².